The number of Topliss-reactive ketones (excluding diaryl/α,β-unsaturated/α-hetero) is 1. The van der Waals surface area contributed by atoms with Gasteiger partial charge >= 0.3 is 5.97 Å². The van der Waals surface area contributed by atoms with E-state index in [2.05, 4.69) is 6.92 Å². The van der Waals surface area contributed by atoms with Crippen LogP contribution in [0.3, 0.4) is 0 Å². The van der Waals surface area contributed by atoms with Crippen molar-refractivity contribution in [1.29, 1.82) is 0 Å². The van der Waals surface area contributed by atoms with Gasteiger partial charge in [-0.2, -0.15) is 0 Å². The molecular formula is C30H36O6. The maximum atomic E-state index is 13.4. The molecule has 6 nitrogen and oxygen atoms in total. The van der Waals surface area contributed by atoms with Crippen LogP contribution in [0.25, 0.3) is 0 Å². The molecule has 0 bridgehead atoms. The van der Waals surface area contributed by atoms with Crippen LogP contribution in [-0.2, 0) is 20.7 Å². The first kappa shape index (κ1) is 25.1. The van der Waals surface area contributed by atoms with Crippen LogP contribution in [0.1, 0.15) is 68.8 Å². The number of hydrogen-bond donors (Lipinski definition) is 2. The van der Waals surface area contributed by atoms with E-state index in [1.807, 2.05) is 32.1 Å². The van der Waals surface area contributed by atoms with Crippen LogP contribution in [-0.4, -0.2) is 46.1 Å². The number of aliphatic hydroxyl groups is 2. The molecule has 2 N–H and O–H groups in total. The van der Waals surface area contributed by atoms with Gasteiger partial charge in [0.1, 0.15) is 5.60 Å². The second-order valence-corrected chi connectivity index (χ2v) is 11.7. The number of rotatable bonds is 5. The van der Waals surface area contributed by atoms with Crippen molar-refractivity contribution < 1.29 is 29.3 Å². The summed E-state index contributed by atoms with van der Waals surface area (Å²) in [5.74, 6) is -0.977. The van der Waals surface area contributed by atoms with Crippen molar-refractivity contribution in [1.82, 2.24) is 0 Å². The highest BCUT2D eigenvalue weighted by atomic mass is 16.5. The molecule has 1 aromatic rings. The fourth-order valence-corrected chi connectivity index (χ4v) is 8.00. The van der Waals surface area contributed by atoms with Gasteiger partial charge in [0.2, 0.25) is 5.78 Å². The summed E-state index contributed by atoms with van der Waals surface area (Å²) in [5.41, 5.74) is -0.327. The molecule has 0 radical (unpaired) electrons. The number of ketones is 2. The molecule has 36 heavy (non-hydrogen) atoms. The van der Waals surface area contributed by atoms with Crippen molar-refractivity contribution in [2.75, 3.05) is 6.61 Å². The number of hydrogen-bond acceptors (Lipinski definition) is 6. The first-order chi connectivity index (χ1) is 17.0. The summed E-state index contributed by atoms with van der Waals surface area (Å²) in [6, 6.07) is 7.09. The molecular weight excluding hydrogens is 456 g/mol. The summed E-state index contributed by atoms with van der Waals surface area (Å²) in [6.45, 7) is 5.56. The minimum atomic E-state index is -1.66. The molecule has 4 aliphatic rings. The molecule has 1 aromatic carbocycles. The van der Waals surface area contributed by atoms with E-state index in [9.17, 15) is 24.6 Å². The Morgan fingerprint density at radius 2 is 1.86 bits per heavy atom. The highest BCUT2D eigenvalue weighted by molar-refractivity contribution is 6.01. The predicted molar refractivity (Wildman–Crippen MR) is 134 cm³/mol. The molecule has 5 rings (SSSR count). The van der Waals surface area contributed by atoms with Gasteiger partial charge in [-0.15, -0.1) is 0 Å². The number of fused-ring (bicyclic) bond motifs is 5. The monoisotopic (exact) mass is 492 g/mol. The zero-order chi connectivity index (χ0) is 25.9. The first-order valence-electron chi connectivity index (χ1n) is 13.2. The first-order valence-corrected chi connectivity index (χ1v) is 13.2. The lowest BCUT2D eigenvalue weighted by molar-refractivity contribution is -0.178. The molecule has 0 aliphatic heterocycles. The number of aliphatic hydroxyl groups excluding tert-OH is 1. The predicted octanol–water partition coefficient (Wildman–Crippen LogP) is 3.98. The fraction of sp³-hybridized carbons (Fsp3) is 0.567. The summed E-state index contributed by atoms with van der Waals surface area (Å²) in [7, 11) is 0. The average molecular weight is 493 g/mol. The lowest BCUT2D eigenvalue weighted by Crippen LogP contribution is -2.61. The van der Waals surface area contributed by atoms with Crippen LogP contribution in [0.5, 0.6) is 0 Å². The lowest BCUT2D eigenvalue weighted by Gasteiger charge is -2.59. The zero-order valence-corrected chi connectivity index (χ0v) is 21.3. The molecule has 192 valence electrons. The van der Waals surface area contributed by atoms with E-state index < -0.39 is 40.9 Å². The largest absolute Gasteiger partial charge is 0.454 e. The summed E-state index contributed by atoms with van der Waals surface area (Å²) in [5, 5.41) is 23.2. The topological polar surface area (TPSA) is 101 Å². The van der Waals surface area contributed by atoms with E-state index in [4.69, 9.17) is 4.74 Å². The van der Waals surface area contributed by atoms with Crippen molar-refractivity contribution in [2.45, 2.75) is 71.0 Å². The molecule has 3 saturated carbocycles. The maximum absolute atomic E-state index is 13.4. The summed E-state index contributed by atoms with van der Waals surface area (Å²) < 4.78 is 5.34. The van der Waals surface area contributed by atoms with E-state index >= 15 is 0 Å². The van der Waals surface area contributed by atoms with Crippen molar-refractivity contribution in [3.8, 4) is 0 Å². The minimum absolute atomic E-state index is 0.00671. The third-order valence-corrected chi connectivity index (χ3v) is 10.0. The Bertz CT molecular complexity index is 1150. The Labute approximate surface area is 212 Å². The van der Waals surface area contributed by atoms with Crippen LogP contribution in [0.2, 0.25) is 0 Å². The second-order valence-electron chi connectivity index (χ2n) is 11.7. The number of esters is 1. The fourth-order valence-electron chi connectivity index (χ4n) is 8.00. The van der Waals surface area contributed by atoms with E-state index in [-0.39, 0.29) is 30.0 Å². The van der Waals surface area contributed by atoms with Gasteiger partial charge in [-0.1, -0.05) is 44.6 Å². The number of benzene rings is 1. The van der Waals surface area contributed by atoms with E-state index in [0.29, 0.717) is 18.4 Å². The smallest absolute Gasteiger partial charge is 0.338 e. The van der Waals surface area contributed by atoms with Crippen LogP contribution < -0.4 is 0 Å². The SMILES string of the molecule is CCc1ccc(C(=O)OCC(=O)[C@@]2(O)CCC3C4CCC5=CC(=O)C=C[C@]5(C)C4[C@@H](O)C[C@@]32C)cc1. The van der Waals surface area contributed by atoms with Crippen LogP contribution in [0, 0.1) is 28.6 Å². The molecule has 4 aliphatic carbocycles. The van der Waals surface area contributed by atoms with Crippen molar-refractivity contribution in [2.24, 2.45) is 28.6 Å². The third-order valence-electron chi connectivity index (χ3n) is 10.0. The van der Waals surface area contributed by atoms with Gasteiger partial charge in [-0.3, -0.25) is 9.59 Å². The normalized spacial score (nSPS) is 39.0. The average Bonchev–Trinajstić information content (AvgIpc) is 3.13. The number of carbonyl (C=O) groups excluding carboxylic acids is 3. The summed E-state index contributed by atoms with van der Waals surface area (Å²) in [6.07, 6.45) is 8.26. The summed E-state index contributed by atoms with van der Waals surface area (Å²) >= 11 is 0. The van der Waals surface area contributed by atoms with Crippen molar-refractivity contribution in [3.05, 3.63) is 59.2 Å². The van der Waals surface area contributed by atoms with E-state index in [1.54, 1.807) is 24.3 Å². The van der Waals surface area contributed by atoms with Crippen molar-refractivity contribution >= 4 is 17.5 Å². The molecule has 3 unspecified atom stereocenters. The highest BCUT2D eigenvalue weighted by Crippen LogP contribution is 2.67. The Balaban J connectivity index is 1.34. The number of carbonyl (C=O) groups is 3. The standard InChI is InChI=1S/C30H36O6/c1-4-18-5-7-19(8-6-18)27(34)36-17-25(33)30(35)14-12-23-22-10-9-20-15-21(31)11-13-28(20,2)26(22)24(32)16-29(23,30)3/h5-8,11,13,15,22-24,26,32,35H,4,9-10,12,14,16-17H2,1-3H3/t22?,23?,24-,26?,28-,29-,30-/m0/s1. The highest BCUT2D eigenvalue weighted by Gasteiger charge is 2.68. The molecule has 7 atom stereocenters. The molecule has 3 fully saturated rings. The molecule has 6 heteroatoms. The Kier molecular flexibility index (Phi) is 6.12. The number of allylic oxidation sites excluding steroid dienone is 4. The summed E-state index contributed by atoms with van der Waals surface area (Å²) in [4.78, 5) is 37.9. The zero-order valence-electron chi connectivity index (χ0n) is 21.3. The quantitative estimate of drug-likeness (QED) is 0.603. The van der Waals surface area contributed by atoms with Crippen molar-refractivity contribution in [3.63, 3.8) is 0 Å². The Hall–Kier alpha value is -2.57. The van der Waals surface area contributed by atoms with Gasteiger partial charge in [0, 0.05) is 16.7 Å². The number of ether oxygens (including phenoxy) is 1. The number of aryl methyl sites for hydroxylation is 1. The van der Waals surface area contributed by atoms with Crippen LogP contribution >= 0.6 is 0 Å². The Morgan fingerprint density at radius 3 is 2.56 bits per heavy atom. The van der Waals surface area contributed by atoms with Gasteiger partial charge in [-0.05, 0) is 80.2 Å². The van der Waals surface area contributed by atoms with Gasteiger partial charge in [0.05, 0.1) is 11.7 Å². The van der Waals surface area contributed by atoms with Gasteiger partial charge in [0.15, 0.2) is 12.4 Å². The molecule has 0 heterocycles. The molecule has 0 saturated heterocycles. The minimum Gasteiger partial charge on any atom is -0.454 e. The molecule has 0 spiro atoms. The molecule has 0 aromatic heterocycles. The molecule has 0 amide bonds. The van der Waals surface area contributed by atoms with Gasteiger partial charge in [0.25, 0.3) is 0 Å². The van der Waals surface area contributed by atoms with Crippen LogP contribution in [0.15, 0.2) is 48.1 Å². The third kappa shape index (κ3) is 3.64. The maximum Gasteiger partial charge on any atom is 0.338 e. The van der Waals surface area contributed by atoms with E-state index in [1.165, 1.54) is 0 Å². The van der Waals surface area contributed by atoms with Gasteiger partial charge < -0.3 is 14.9 Å². The lowest BCUT2D eigenvalue weighted by atomic mass is 9.46. The second kappa shape index (κ2) is 8.77. The Morgan fingerprint density at radius 1 is 1.14 bits per heavy atom. The van der Waals surface area contributed by atoms with Crippen LogP contribution in [0.4, 0.5) is 0 Å². The van der Waals surface area contributed by atoms with Gasteiger partial charge in [-0.25, -0.2) is 4.79 Å². The van der Waals surface area contributed by atoms with E-state index in [0.717, 1.165) is 30.4 Å².